The van der Waals surface area contributed by atoms with Crippen molar-refractivity contribution in [3.05, 3.63) is 33.4 Å². The number of nitrogens with one attached hydrogen (secondary N) is 2. The van der Waals surface area contributed by atoms with E-state index in [1.165, 1.54) is 19.1 Å². The minimum atomic E-state index is -1.16. The summed E-state index contributed by atoms with van der Waals surface area (Å²) in [6.45, 7) is 4.50. The van der Waals surface area contributed by atoms with Crippen molar-refractivity contribution in [3.8, 4) is 0 Å². The van der Waals surface area contributed by atoms with Crippen LogP contribution in [0.3, 0.4) is 0 Å². The maximum atomic E-state index is 11.6. The highest BCUT2D eigenvalue weighted by molar-refractivity contribution is 5.93. The zero-order chi connectivity index (χ0) is 15.4. The zero-order valence-corrected chi connectivity index (χ0v) is 11.3. The highest BCUT2D eigenvalue weighted by Gasteiger charge is 2.17. The van der Waals surface area contributed by atoms with Crippen molar-refractivity contribution in [3.63, 3.8) is 0 Å². The average molecular weight is 281 g/mol. The molecule has 8 nitrogen and oxygen atoms in total. The summed E-state index contributed by atoms with van der Waals surface area (Å²) >= 11 is 0. The molecule has 0 unspecified atom stereocenters. The minimum Gasteiger partial charge on any atom is -0.480 e. The van der Waals surface area contributed by atoms with E-state index in [4.69, 9.17) is 5.11 Å². The van der Waals surface area contributed by atoms with E-state index in [1.807, 2.05) is 0 Å². The standard InChI is InChI=1S/C12H15N3O5/c1-6-5-10(15(19)20)7(2)4-9(6)14-12(18)13-8(3)11(16)17/h4-5,8H,1-3H3,(H,16,17)(H2,13,14,18)/t8-/m1/s1. The Balaban J connectivity index is 2.88. The number of carbonyl (C=O) groups is 2. The number of urea groups is 1. The molecule has 0 aliphatic rings. The SMILES string of the molecule is Cc1cc([N+](=O)[O-])c(C)cc1NC(=O)N[C@H](C)C(=O)O. The Morgan fingerprint density at radius 1 is 1.30 bits per heavy atom. The van der Waals surface area contributed by atoms with Crippen molar-refractivity contribution < 1.29 is 19.6 Å². The summed E-state index contributed by atoms with van der Waals surface area (Å²) in [5, 5.41) is 24.1. The number of nitro benzene ring substituents is 1. The second-order valence-electron chi connectivity index (χ2n) is 4.37. The number of carboxylic acid groups (broad SMARTS) is 1. The second kappa shape index (κ2) is 6.00. The predicted octanol–water partition coefficient (Wildman–Crippen LogP) is 1.81. The number of benzene rings is 1. The molecule has 0 heterocycles. The van der Waals surface area contributed by atoms with Crippen LogP contribution in [-0.4, -0.2) is 28.1 Å². The lowest BCUT2D eigenvalue weighted by Crippen LogP contribution is -2.40. The normalized spacial score (nSPS) is 11.6. The van der Waals surface area contributed by atoms with Crippen molar-refractivity contribution in [1.29, 1.82) is 0 Å². The molecular formula is C12H15N3O5. The molecule has 0 aromatic heterocycles. The number of rotatable bonds is 4. The van der Waals surface area contributed by atoms with Crippen LogP contribution in [0.1, 0.15) is 18.1 Å². The first-order valence-electron chi connectivity index (χ1n) is 5.78. The molecular weight excluding hydrogens is 266 g/mol. The number of hydrogen-bond acceptors (Lipinski definition) is 4. The number of nitro groups is 1. The van der Waals surface area contributed by atoms with E-state index in [1.54, 1.807) is 13.8 Å². The Morgan fingerprint density at radius 3 is 2.40 bits per heavy atom. The van der Waals surface area contributed by atoms with Gasteiger partial charge in [0.05, 0.1) is 4.92 Å². The van der Waals surface area contributed by atoms with E-state index in [0.717, 1.165) is 0 Å². The molecule has 20 heavy (non-hydrogen) atoms. The fourth-order valence-corrected chi connectivity index (χ4v) is 1.55. The molecule has 0 saturated carbocycles. The zero-order valence-electron chi connectivity index (χ0n) is 11.3. The van der Waals surface area contributed by atoms with E-state index in [9.17, 15) is 19.7 Å². The topological polar surface area (TPSA) is 122 Å². The monoisotopic (exact) mass is 281 g/mol. The van der Waals surface area contributed by atoms with Gasteiger partial charge in [-0.1, -0.05) is 0 Å². The second-order valence-corrected chi connectivity index (χ2v) is 4.37. The van der Waals surface area contributed by atoms with Crippen LogP contribution in [0, 0.1) is 24.0 Å². The van der Waals surface area contributed by atoms with Gasteiger partial charge in [-0.3, -0.25) is 14.9 Å². The summed E-state index contributed by atoms with van der Waals surface area (Å²) in [5.74, 6) is -1.16. The van der Waals surface area contributed by atoms with Gasteiger partial charge in [0.25, 0.3) is 5.69 Å². The lowest BCUT2D eigenvalue weighted by atomic mass is 10.1. The van der Waals surface area contributed by atoms with Gasteiger partial charge < -0.3 is 15.7 Å². The van der Waals surface area contributed by atoms with Crippen molar-refractivity contribution in [2.24, 2.45) is 0 Å². The number of carbonyl (C=O) groups excluding carboxylic acids is 1. The van der Waals surface area contributed by atoms with Gasteiger partial charge in [0.15, 0.2) is 0 Å². The van der Waals surface area contributed by atoms with Crippen molar-refractivity contribution >= 4 is 23.4 Å². The molecule has 0 aliphatic heterocycles. The predicted molar refractivity (Wildman–Crippen MR) is 71.8 cm³/mol. The number of amides is 2. The lowest BCUT2D eigenvalue weighted by Gasteiger charge is -2.13. The van der Waals surface area contributed by atoms with E-state index in [-0.39, 0.29) is 5.69 Å². The first-order valence-corrected chi connectivity index (χ1v) is 5.78. The Bertz CT molecular complexity index is 570. The van der Waals surface area contributed by atoms with Gasteiger partial charge in [-0.15, -0.1) is 0 Å². The van der Waals surface area contributed by atoms with Gasteiger partial charge in [0.2, 0.25) is 0 Å². The third-order valence-electron chi connectivity index (χ3n) is 2.71. The van der Waals surface area contributed by atoms with Gasteiger partial charge in [-0.25, -0.2) is 4.79 Å². The molecule has 0 fully saturated rings. The molecule has 8 heteroatoms. The first kappa shape index (κ1) is 15.4. The summed E-state index contributed by atoms with van der Waals surface area (Å²) in [5.41, 5.74) is 1.28. The molecule has 0 bridgehead atoms. The summed E-state index contributed by atoms with van der Waals surface area (Å²) in [6.07, 6.45) is 0. The van der Waals surface area contributed by atoms with E-state index in [2.05, 4.69) is 10.6 Å². The van der Waals surface area contributed by atoms with Gasteiger partial charge in [0.1, 0.15) is 6.04 Å². The summed E-state index contributed by atoms with van der Waals surface area (Å²) in [4.78, 5) is 32.5. The third kappa shape index (κ3) is 3.67. The average Bonchev–Trinajstić information content (AvgIpc) is 2.32. The van der Waals surface area contributed by atoms with Crippen LogP contribution in [0.4, 0.5) is 16.2 Å². The highest BCUT2D eigenvalue weighted by Crippen LogP contribution is 2.25. The van der Waals surface area contributed by atoms with Crippen LogP contribution in [0.15, 0.2) is 12.1 Å². The number of anilines is 1. The molecule has 0 spiro atoms. The summed E-state index contributed by atoms with van der Waals surface area (Å²) < 4.78 is 0. The molecule has 1 aromatic carbocycles. The molecule has 0 saturated heterocycles. The number of nitrogens with zero attached hydrogens (tertiary/aromatic N) is 1. The van der Waals surface area contributed by atoms with Crippen LogP contribution in [-0.2, 0) is 4.79 Å². The van der Waals surface area contributed by atoms with Gasteiger partial charge in [-0.05, 0) is 32.4 Å². The molecule has 0 radical (unpaired) electrons. The molecule has 0 aliphatic carbocycles. The number of aryl methyl sites for hydroxylation is 2. The third-order valence-corrected chi connectivity index (χ3v) is 2.71. The van der Waals surface area contributed by atoms with Gasteiger partial charge >= 0.3 is 12.0 Å². The summed E-state index contributed by atoms with van der Waals surface area (Å²) in [6, 6.07) is 1.11. The molecule has 1 aromatic rings. The fraction of sp³-hybridized carbons (Fsp3) is 0.333. The summed E-state index contributed by atoms with van der Waals surface area (Å²) in [7, 11) is 0. The van der Waals surface area contributed by atoms with Crippen molar-refractivity contribution in [2.75, 3.05) is 5.32 Å². The van der Waals surface area contributed by atoms with Gasteiger partial charge in [-0.2, -0.15) is 0 Å². The maximum Gasteiger partial charge on any atom is 0.325 e. The molecule has 2 amide bonds. The fourth-order valence-electron chi connectivity index (χ4n) is 1.55. The van der Waals surface area contributed by atoms with Gasteiger partial charge in [0, 0.05) is 17.3 Å². The molecule has 1 rings (SSSR count). The lowest BCUT2D eigenvalue weighted by molar-refractivity contribution is -0.385. The largest absolute Gasteiger partial charge is 0.480 e. The molecule has 108 valence electrons. The maximum absolute atomic E-state index is 11.6. The van der Waals surface area contributed by atoms with E-state index in [0.29, 0.717) is 16.8 Å². The van der Waals surface area contributed by atoms with Crippen LogP contribution < -0.4 is 10.6 Å². The number of hydrogen-bond donors (Lipinski definition) is 3. The van der Waals surface area contributed by atoms with Crippen LogP contribution in [0.25, 0.3) is 0 Å². The number of carboxylic acids is 1. The Morgan fingerprint density at radius 2 is 1.90 bits per heavy atom. The van der Waals surface area contributed by atoms with Crippen LogP contribution >= 0.6 is 0 Å². The van der Waals surface area contributed by atoms with Crippen molar-refractivity contribution in [2.45, 2.75) is 26.8 Å². The smallest absolute Gasteiger partial charge is 0.325 e. The Hall–Kier alpha value is -2.64. The molecule has 3 N–H and O–H groups in total. The quantitative estimate of drug-likeness (QED) is 0.574. The van der Waals surface area contributed by atoms with E-state index < -0.39 is 23.0 Å². The minimum absolute atomic E-state index is 0.0348. The van der Waals surface area contributed by atoms with Crippen LogP contribution in [0.2, 0.25) is 0 Å². The van der Waals surface area contributed by atoms with Crippen LogP contribution in [0.5, 0.6) is 0 Å². The first-order chi connectivity index (χ1) is 9.22. The molecule has 1 atom stereocenters. The van der Waals surface area contributed by atoms with Crippen molar-refractivity contribution in [1.82, 2.24) is 5.32 Å². The highest BCUT2D eigenvalue weighted by atomic mass is 16.6. The Labute approximate surface area is 114 Å². The number of aliphatic carboxylic acids is 1. The Kier molecular flexibility index (Phi) is 4.63. The van der Waals surface area contributed by atoms with E-state index >= 15 is 0 Å².